The number of hydrogen-bond donors (Lipinski definition) is 3. The van der Waals surface area contributed by atoms with Crippen LogP contribution in [0.15, 0.2) is 0 Å². The Morgan fingerprint density at radius 2 is 1.78 bits per heavy atom. The van der Waals surface area contributed by atoms with E-state index < -0.39 is 48.3 Å². The topological polar surface area (TPSA) is 173 Å². The molecule has 0 saturated carbocycles. The number of nitrogens with zero attached hydrogens (tertiary/aromatic N) is 1. The maximum absolute atomic E-state index is 12.4. The molecule has 0 radical (unpaired) electrons. The summed E-state index contributed by atoms with van der Waals surface area (Å²) in [5, 5.41) is 10.4. The average molecular weight is 405 g/mol. The largest absolute Gasteiger partial charge is 0.480 e. The summed E-state index contributed by atoms with van der Waals surface area (Å²) in [6.07, 6.45) is -0.456. The Balaban J connectivity index is 5.33. The average Bonchev–Trinajstić information content (AvgIpc) is 2.59. The number of carbonyl (C=O) groups excluding carboxylic acids is 5. The number of imide groups is 1. The van der Waals surface area contributed by atoms with Gasteiger partial charge in [-0.15, -0.1) is 0 Å². The van der Waals surface area contributed by atoms with Crippen LogP contribution in [-0.2, 0) is 33.5 Å². The molecule has 12 heteroatoms. The normalized spacial score (nSPS) is 12.4. The number of carboxylic acid groups (broad SMARTS) is 1. The molecule has 0 bridgehead atoms. The van der Waals surface area contributed by atoms with Gasteiger partial charge in [0.25, 0.3) is 0 Å². The Bertz CT molecular complexity index is 610. The van der Waals surface area contributed by atoms with Crippen LogP contribution in [0.3, 0.4) is 0 Å². The molecule has 11 nitrogen and oxygen atoms in total. The molecule has 0 aromatic rings. The summed E-state index contributed by atoms with van der Waals surface area (Å²) in [5.41, 5.74) is 5.54. The van der Waals surface area contributed by atoms with Crippen LogP contribution in [0.5, 0.6) is 0 Å². The second-order valence-electron chi connectivity index (χ2n) is 5.38. The molecule has 2 unspecified atom stereocenters. The fraction of sp³-hybridized carbons (Fsp3) is 0.600. The maximum atomic E-state index is 12.4. The van der Waals surface area contributed by atoms with Crippen LogP contribution in [0.1, 0.15) is 26.7 Å². The molecule has 0 rings (SSSR count). The zero-order valence-corrected chi connectivity index (χ0v) is 16.0. The van der Waals surface area contributed by atoms with Crippen LogP contribution >= 0.6 is 11.8 Å². The molecule has 0 aliphatic carbocycles. The molecule has 4 N–H and O–H groups in total. The van der Waals surface area contributed by atoms with Crippen LogP contribution in [-0.4, -0.2) is 76.3 Å². The van der Waals surface area contributed by atoms with Crippen molar-refractivity contribution in [2.75, 3.05) is 19.4 Å². The molecule has 0 fully saturated rings. The zero-order valence-electron chi connectivity index (χ0n) is 15.2. The Labute approximate surface area is 159 Å². The first-order valence-electron chi connectivity index (χ1n) is 7.80. The SMILES string of the molecule is COC(=O)C(N)CCC(=O)N(C(C)=O)C(CSC(C)=O)C(=O)NCC(=O)O. The van der Waals surface area contributed by atoms with Crippen LogP contribution < -0.4 is 11.1 Å². The number of carbonyl (C=O) groups is 6. The number of amides is 3. The molecular formula is C15H23N3O8S. The van der Waals surface area contributed by atoms with Gasteiger partial charge < -0.3 is 20.9 Å². The predicted octanol–water partition coefficient (Wildman–Crippen LogP) is -1.51. The monoisotopic (exact) mass is 405 g/mol. The van der Waals surface area contributed by atoms with Crippen LogP contribution in [0.4, 0.5) is 0 Å². The van der Waals surface area contributed by atoms with Crippen molar-refractivity contribution in [2.24, 2.45) is 5.73 Å². The molecule has 0 aromatic heterocycles. The third-order valence-electron chi connectivity index (χ3n) is 3.25. The fourth-order valence-electron chi connectivity index (χ4n) is 1.98. The first-order valence-corrected chi connectivity index (χ1v) is 8.78. The number of nitrogens with one attached hydrogen (secondary N) is 1. The summed E-state index contributed by atoms with van der Waals surface area (Å²) in [7, 11) is 1.13. The van der Waals surface area contributed by atoms with Crippen LogP contribution in [0.25, 0.3) is 0 Å². The summed E-state index contributed by atoms with van der Waals surface area (Å²) < 4.78 is 4.44. The summed E-state index contributed by atoms with van der Waals surface area (Å²) in [4.78, 5) is 70.4. The highest BCUT2D eigenvalue weighted by Crippen LogP contribution is 2.14. The van der Waals surface area contributed by atoms with Crippen molar-refractivity contribution in [2.45, 2.75) is 38.8 Å². The van der Waals surface area contributed by atoms with E-state index in [0.717, 1.165) is 14.0 Å². The first-order chi connectivity index (χ1) is 12.5. The number of ether oxygens (including phenoxy) is 1. The van der Waals surface area contributed by atoms with E-state index in [9.17, 15) is 28.8 Å². The van der Waals surface area contributed by atoms with Crippen molar-refractivity contribution in [3.8, 4) is 0 Å². The number of rotatable bonds is 10. The lowest BCUT2D eigenvalue weighted by Crippen LogP contribution is -2.54. The Morgan fingerprint density at radius 3 is 2.22 bits per heavy atom. The van der Waals surface area contributed by atoms with Gasteiger partial charge >= 0.3 is 11.9 Å². The van der Waals surface area contributed by atoms with Gasteiger partial charge in [-0.1, -0.05) is 11.8 Å². The Hall–Kier alpha value is -2.47. The molecule has 0 aliphatic heterocycles. The van der Waals surface area contributed by atoms with Crippen molar-refractivity contribution in [3.63, 3.8) is 0 Å². The summed E-state index contributed by atoms with van der Waals surface area (Å²) in [5.74, 6) is -4.75. The van der Waals surface area contributed by atoms with Crippen molar-refractivity contribution in [1.82, 2.24) is 10.2 Å². The van der Waals surface area contributed by atoms with Gasteiger partial charge in [-0.05, 0) is 6.42 Å². The minimum absolute atomic E-state index is 0.126. The fourth-order valence-corrected chi connectivity index (χ4v) is 2.67. The van der Waals surface area contributed by atoms with Gasteiger partial charge in [-0.25, -0.2) is 0 Å². The maximum Gasteiger partial charge on any atom is 0.322 e. The van der Waals surface area contributed by atoms with Gasteiger partial charge in [-0.2, -0.15) is 0 Å². The van der Waals surface area contributed by atoms with E-state index in [1.54, 1.807) is 0 Å². The highest BCUT2D eigenvalue weighted by Gasteiger charge is 2.33. The van der Waals surface area contributed by atoms with Gasteiger partial charge in [0.1, 0.15) is 18.6 Å². The van der Waals surface area contributed by atoms with Crippen molar-refractivity contribution >= 4 is 46.5 Å². The van der Waals surface area contributed by atoms with Crippen molar-refractivity contribution in [3.05, 3.63) is 0 Å². The lowest BCUT2D eigenvalue weighted by molar-refractivity contribution is -0.150. The molecule has 0 spiro atoms. The Morgan fingerprint density at radius 1 is 1.19 bits per heavy atom. The van der Waals surface area contributed by atoms with E-state index in [1.807, 2.05) is 0 Å². The van der Waals surface area contributed by atoms with Crippen LogP contribution in [0.2, 0.25) is 0 Å². The highest BCUT2D eigenvalue weighted by atomic mass is 32.2. The number of esters is 1. The summed E-state index contributed by atoms with van der Waals surface area (Å²) in [6.45, 7) is 1.58. The number of hydrogen-bond acceptors (Lipinski definition) is 9. The summed E-state index contributed by atoms with van der Waals surface area (Å²) >= 11 is 0.706. The number of aliphatic carboxylic acids is 1. The second kappa shape index (κ2) is 12.0. The molecular weight excluding hydrogens is 382 g/mol. The first kappa shape index (κ1) is 24.5. The standard InChI is InChI=1S/C15H23N3O8S/c1-8(19)18(12(21)5-4-10(16)15(25)26-3)11(7-27-9(2)20)14(24)17-6-13(22)23/h10-11H,4-7,16H2,1-3H3,(H,17,24)(H,22,23). The van der Waals surface area contributed by atoms with Crippen LogP contribution in [0, 0.1) is 0 Å². The van der Waals surface area contributed by atoms with E-state index in [0.29, 0.717) is 16.7 Å². The molecule has 27 heavy (non-hydrogen) atoms. The van der Waals surface area contributed by atoms with Crippen molar-refractivity contribution < 1.29 is 38.6 Å². The van der Waals surface area contributed by atoms with Gasteiger partial charge in [0.05, 0.1) is 7.11 Å². The third kappa shape index (κ3) is 9.15. The number of nitrogens with two attached hydrogens (primary N) is 1. The van der Waals surface area contributed by atoms with E-state index in [-0.39, 0.29) is 23.7 Å². The smallest absolute Gasteiger partial charge is 0.322 e. The molecule has 3 amide bonds. The quantitative estimate of drug-likeness (QED) is 0.363. The van der Waals surface area contributed by atoms with E-state index in [2.05, 4.69) is 10.1 Å². The minimum atomic E-state index is -1.39. The molecule has 0 saturated heterocycles. The van der Waals surface area contributed by atoms with Gasteiger partial charge in [-0.3, -0.25) is 33.7 Å². The minimum Gasteiger partial charge on any atom is -0.480 e. The van der Waals surface area contributed by atoms with E-state index in [1.165, 1.54) is 6.92 Å². The predicted molar refractivity (Wildman–Crippen MR) is 94.3 cm³/mol. The molecule has 0 aliphatic rings. The van der Waals surface area contributed by atoms with Gasteiger partial charge in [0.2, 0.25) is 17.7 Å². The molecule has 0 heterocycles. The number of methoxy groups -OCH3 is 1. The number of carboxylic acids is 1. The second-order valence-corrected chi connectivity index (χ2v) is 6.58. The van der Waals surface area contributed by atoms with Gasteiger partial charge in [0.15, 0.2) is 5.12 Å². The van der Waals surface area contributed by atoms with E-state index >= 15 is 0 Å². The third-order valence-corrected chi connectivity index (χ3v) is 4.14. The highest BCUT2D eigenvalue weighted by molar-refractivity contribution is 8.13. The molecule has 2 atom stereocenters. The number of thioether (sulfide) groups is 1. The lowest BCUT2D eigenvalue weighted by Gasteiger charge is -2.28. The molecule has 152 valence electrons. The zero-order chi connectivity index (χ0) is 21.1. The Kier molecular flexibility index (Phi) is 10.9. The molecule has 0 aromatic carbocycles. The van der Waals surface area contributed by atoms with Gasteiger partial charge in [0, 0.05) is 26.0 Å². The van der Waals surface area contributed by atoms with E-state index in [4.69, 9.17) is 10.8 Å². The summed E-state index contributed by atoms with van der Waals surface area (Å²) in [6, 6.07) is -2.48. The van der Waals surface area contributed by atoms with Crippen molar-refractivity contribution in [1.29, 1.82) is 0 Å². The lowest BCUT2D eigenvalue weighted by atomic mass is 10.1.